The SMILES string of the molecule is CCOC(=O)C(N)Oc1cccc(-c2ccccc2)c1-c1ccccc1. The minimum Gasteiger partial charge on any atom is -0.464 e. The van der Waals surface area contributed by atoms with Crippen molar-refractivity contribution in [2.24, 2.45) is 5.73 Å². The van der Waals surface area contributed by atoms with Crippen LogP contribution in [0.2, 0.25) is 0 Å². The lowest BCUT2D eigenvalue weighted by Gasteiger charge is -2.19. The quantitative estimate of drug-likeness (QED) is 0.535. The lowest BCUT2D eigenvalue weighted by molar-refractivity contribution is -0.151. The van der Waals surface area contributed by atoms with Crippen molar-refractivity contribution < 1.29 is 14.3 Å². The molecule has 2 N–H and O–H groups in total. The first kappa shape index (κ1) is 17.7. The summed E-state index contributed by atoms with van der Waals surface area (Å²) in [6, 6.07) is 25.7. The molecule has 4 heteroatoms. The molecule has 0 bridgehead atoms. The van der Waals surface area contributed by atoms with Crippen LogP contribution in [0.15, 0.2) is 78.9 Å². The molecule has 3 rings (SSSR count). The third-order valence-corrected chi connectivity index (χ3v) is 3.95. The maximum atomic E-state index is 11.9. The largest absolute Gasteiger partial charge is 0.464 e. The molecule has 0 heterocycles. The van der Waals surface area contributed by atoms with Gasteiger partial charge in [0.2, 0.25) is 6.23 Å². The van der Waals surface area contributed by atoms with E-state index in [4.69, 9.17) is 15.2 Å². The first-order chi connectivity index (χ1) is 12.7. The zero-order valence-electron chi connectivity index (χ0n) is 14.6. The summed E-state index contributed by atoms with van der Waals surface area (Å²) in [5.41, 5.74) is 9.81. The van der Waals surface area contributed by atoms with Gasteiger partial charge in [0.25, 0.3) is 0 Å². The molecule has 3 aromatic rings. The molecule has 0 radical (unpaired) electrons. The van der Waals surface area contributed by atoms with Crippen LogP contribution in [-0.2, 0) is 9.53 Å². The fourth-order valence-corrected chi connectivity index (χ4v) is 2.80. The van der Waals surface area contributed by atoms with Gasteiger partial charge >= 0.3 is 5.97 Å². The number of ether oxygens (including phenoxy) is 2. The summed E-state index contributed by atoms with van der Waals surface area (Å²) >= 11 is 0. The summed E-state index contributed by atoms with van der Waals surface area (Å²) < 4.78 is 10.7. The molecule has 0 saturated heterocycles. The Morgan fingerprint density at radius 2 is 1.50 bits per heavy atom. The van der Waals surface area contributed by atoms with Crippen molar-refractivity contribution in [3.63, 3.8) is 0 Å². The van der Waals surface area contributed by atoms with Crippen molar-refractivity contribution in [2.75, 3.05) is 6.61 Å². The molecule has 4 nitrogen and oxygen atoms in total. The number of nitrogens with two attached hydrogens (primary N) is 1. The first-order valence-electron chi connectivity index (χ1n) is 8.53. The van der Waals surface area contributed by atoms with Gasteiger partial charge in [-0.3, -0.25) is 5.73 Å². The number of hydrogen-bond acceptors (Lipinski definition) is 4. The lowest BCUT2D eigenvalue weighted by atomic mass is 9.94. The maximum Gasteiger partial charge on any atom is 0.362 e. The summed E-state index contributed by atoms with van der Waals surface area (Å²) in [4.78, 5) is 11.9. The molecule has 0 aromatic heterocycles. The second-order valence-corrected chi connectivity index (χ2v) is 5.70. The van der Waals surface area contributed by atoms with E-state index in [-0.39, 0.29) is 6.61 Å². The zero-order chi connectivity index (χ0) is 18.4. The van der Waals surface area contributed by atoms with Crippen LogP contribution in [0.25, 0.3) is 22.3 Å². The molecular weight excluding hydrogens is 326 g/mol. The van der Waals surface area contributed by atoms with Crippen LogP contribution < -0.4 is 10.5 Å². The standard InChI is InChI=1S/C22H21NO3/c1-2-25-22(24)21(23)26-19-15-9-14-18(16-10-5-3-6-11-16)20(19)17-12-7-4-8-13-17/h3-15,21H,2,23H2,1H3. The van der Waals surface area contributed by atoms with Gasteiger partial charge in [-0.25, -0.2) is 4.79 Å². The van der Waals surface area contributed by atoms with E-state index >= 15 is 0 Å². The van der Waals surface area contributed by atoms with Crippen molar-refractivity contribution in [2.45, 2.75) is 13.2 Å². The Balaban J connectivity index is 2.09. The van der Waals surface area contributed by atoms with Gasteiger partial charge in [0.1, 0.15) is 5.75 Å². The predicted octanol–water partition coefficient (Wildman–Crippen LogP) is 4.25. The van der Waals surface area contributed by atoms with E-state index in [0.29, 0.717) is 5.75 Å². The van der Waals surface area contributed by atoms with Gasteiger partial charge in [-0.05, 0) is 29.7 Å². The van der Waals surface area contributed by atoms with Crippen LogP contribution >= 0.6 is 0 Å². The highest BCUT2D eigenvalue weighted by molar-refractivity contribution is 5.88. The van der Waals surface area contributed by atoms with Crippen molar-refractivity contribution in [3.8, 4) is 28.0 Å². The number of hydrogen-bond donors (Lipinski definition) is 1. The summed E-state index contributed by atoms with van der Waals surface area (Å²) in [7, 11) is 0. The molecule has 0 amide bonds. The number of benzene rings is 3. The molecule has 26 heavy (non-hydrogen) atoms. The van der Waals surface area contributed by atoms with E-state index in [1.807, 2.05) is 78.9 Å². The van der Waals surface area contributed by atoms with Crippen LogP contribution in [0.3, 0.4) is 0 Å². The second kappa shape index (κ2) is 8.32. The van der Waals surface area contributed by atoms with Crippen molar-refractivity contribution in [3.05, 3.63) is 78.9 Å². The highest BCUT2D eigenvalue weighted by Crippen LogP contribution is 2.39. The number of esters is 1. The lowest BCUT2D eigenvalue weighted by Crippen LogP contribution is -2.37. The number of rotatable bonds is 6. The average molecular weight is 347 g/mol. The highest BCUT2D eigenvalue weighted by atomic mass is 16.6. The molecule has 3 aromatic carbocycles. The molecule has 1 unspecified atom stereocenters. The fraction of sp³-hybridized carbons (Fsp3) is 0.136. The summed E-state index contributed by atoms with van der Waals surface area (Å²) in [6.07, 6.45) is -1.18. The van der Waals surface area contributed by atoms with Gasteiger partial charge in [-0.2, -0.15) is 0 Å². The summed E-state index contributed by atoms with van der Waals surface area (Å²) in [5.74, 6) is -0.0465. The molecule has 0 saturated carbocycles. The predicted molar refractivity (Wildman–Crippen MR) is 103 cm³/mol. The van der Waals surface area contributed by atoms with E-state index in [1.165, 1.54) is 0 Å². The van der Waals surface area contributed by atoms with E-state index in [2.05, 4.69) is 0 Å². The summed E-state index contributed by atoms with van der Waals surface area (Å²) in [5, 5.41) is 0. The second-order valence-electron chi connectivity index (χ2n) is 5.70. The minimum atomic E-state index is -1.18. The Morgan fingerprint density at radius 1 is 0.885 bits per heavy atom. The molecule has 0 aliphatic rings. The molecule has 0 fully saturated rings. The van der Waals surface area contributed by atoms with Crippen molar-refractivity contribution in [1.29, 1.82) is 0 Å². The van der Waals surface area contributed by atoms with Crippen LogP contribution in [0.4, 0.5) is 0 Å². The third kappa shape index (κ3) is 3.92. The average Bonchev–Trinajstić information content (AvgIpc) is 2.69. The Bertz CT molecular complexity index is 863. The van der Waals surface area contributed by atoms with Crippen LogP contribution in [0.5, 0.6) is 5.75 Å². The maximum absolute atomic E-state index is 11.9. The van der Waals surface area contributed by atoms with Crippen LogP contribution in [0, 0.1) is 0 Å². The van der Waals surface area contributed by atoms with E-state index < -0.39 is 12.2 Å². The highest BCUT2D eigenvalue weighted by Gasteiger charge is 2.20. The van der Waals surface area contributed by atoms with E-state index in [1.54, 1.807) is 6.92 Å². The third-order valence-electron chi connectivity index (χ3n) is 3.95. The van der Waals surface area contributed by atoms with Gasteiger partial charge in [0.05, 0.1) is 6.61 Å². The minimum absolute atomic E-state index is 0.255. The Hall–Kier alpha value is -3.11. The molecule has 0 spiro atoms. The fourth-order valence-electron chi connectivity index (χ4n) is 2.80. The summed E-state index contributed by atoms with van der Waals surface area (Å²) in [6.45, 7) is 1.99. The molecule has 0 aliphatic heterocycles. The van der Waals surface area contributed by atoms with Crippen LogP contribution in [-0.4, -0.2) is 18.8 Å². The normalized spacial score (nSPS) is 11.6. The Morgan fingerprint density at radius 3 is 2.12 bits per heavy atom. The van der Waals surface area contributed by atoms with Crippen molar-refractivity contribution in [1.82, 2.24) is 0 Å². The van der Waals surface area contributed by atoms with Gasteiger partial charge in [-0.15, -0.1) is 0 Å². The Kier molecular flexibility index (Phi) is 5.66. The van der Waals surface area contributed by atoms with Gasteiger partial charge < -0.3 is 9.47 Å². The van der Waals surface area contributed by atoms with Crippen molar-refractivity contribution >= 4 is 5.97 Å². The Labute approximate surface area is 153 Å². The van der Waals surface area contributed by atoms with E-state index in [9.17, 15) is 4.79 Å². The molecule has 1 atom stereocenters. The van der Waals surface area contributed by atoms with E-state index in [0.717, 1.165) is 22.3 Å². The monoisotopic (exact) mass is 347 g/mol. The molecule has 0 aliphatic carbocycles. The van der Waals surface area contributed by atoms with Gasteiger partial charge in [0.15, 0.2) is 0 Å². The van der Waals surface area contributed by atoms with Gasteiger partial charge in [0, 0.05) is 5.56 Å². The van der Waals surface area contributed by atoms with Gasteiger partial charge in [-0.1, -0.05) is 72.8 Å². The first-order valence-corrected chi connectivity index (χ1v) is 8.53. The molecule has 132 valence electrons. The smallest absolute Gasteiger partial charge is 0.362 e. The number of carbonyl (C=O) groups is 1. The number of carbonyl (C=O) groups excluding carboxylic acids is 1. The zero-order valence-corrected chi connectivity index (χ0v) is 14.6. The van der Waals surface area contributed by atoms with Crippen LogP contribution in [0.1, 0.15) is 6.92 Å². The molecular formula is C22H21NO3. The topological polar surface area (TPSA) is 61.5 Å².